The average Bonchev–Trinajstić information content (AvgIpc) is 1.63. The minimum Gasteiger partial charge on any atom is -0.508 e. The molecule has 0 aromatic heterocycles. The number of nitrogens with two attached hydrogens (primary N) is 1. The van der Waals surface area contributed by atoms with Crippen LogP contribution in [0.4, 0.5) is 0 Å². The van der Waals surface area contributed by atoms with Crippen molar-refractivity contribution in [2.75, 3.05) is 44.0 Å². The zero-order chi connectivity index (χ0) is 97.0. The number of aliphatic hydroxyl groups is 3. The maximum absolute atomic E-state index is 14.9. The van der Waals surface area contributed by atoms with Crippen LogP contribution in [0, 0.1) is 41.4 Å². The molecular formula is C85H141N17O24S2. The van der Waals surface area contributed by atoms with Crippen LogP contribution < -0.4 is 80.2 Å². The number of likely N-dealkylation sites (tertiary alicyclic amines) is 2. The highest BCUT2D eigenvalue weighted by Crippen LogP contribution is 2.25. The molecule has 16 amide bonds. The maximum atomic E-state index is 14.9. The predicted octanol–water partition coefficient (Wildman–Crippen LogP) is -2.41. The van der Waals surface area contributed by atoms with Crippen LogP contribution in [0.3, 0.4) is 0 Å². The summed E-state index contributed by atoms with van der Waals surface area (Å²) in [7, 11) is 0. The third kappa shape index (κ3) is 36.9. The van der Waals surface area contributed by atoms with Crippen molar-refractivity contribution in [3.63, 3.8) is 0 Å². The molecule has 2 heterocycles. The Hall–Kier alpha value is -9.98. The largest absolute Gasteiger partial charge is 0.508 e. The Kier molecular flexibility index (Phi) is 48.3. The molecule has 0 bridgehead atoms. The number of carbonyl (C=O) groups is 18. The van der Waals surface area contributed by atoms with E-state index in [4.69, 9.17) is 5.73 Å². The summed E-state index contributed by atoms with van der Waals surface area (Å²) in [5.41, 5.74) is 6.58. The number of carboxylic acid groups (broad SMARTS) is 2. The standard InChI is InChI=1S/C85H141N17O24S2/c1-18-47(14)67(98-76(116)59(39-103)88-63(107)38-87-71(111)57(37-50-23-25-51(106)26-24-50)93-74(114)55(34-42(4)5)91-73(113)54(33-41(2)3)90-70(110)52(86)29-32-128-17)81(121)94-58(36-44(8)9)83(123)101-30-19-21-61(101)78(118)89-53(27-28-64(108)109)72(112)95-60(40-127)77(117)92-56(35-43(6)7)75(115)96-65(45(10)11)80(120)99-68(48(15)104)82(122)97-66(46(12)13)84(124)102-31-20-22-62(102)79(119)100-69(49(16)105)85(125)126/h23-26,41-49,52-62,65-69,103-106,127H,18-22,27-40,86H2,1-17H3,(H,87,111)(H,88,107)(H,89,118)(H,90,110)(H,91,113)(H,92,117)(H,93,114)(H,94,121)(H,95,112)(H,96,115)(H,97,122)(H,98,116)(H,99,120)(H,100,119)(H,108,109)(H,125,126)/t47-,48+,49+,52-,53-,54-,55-,56-,57-,58-,59-,60-,61-,62-,65-,66-,67-,68-,69-/m0/s1. The van der Waals surface area contributed by atoms with E-state index in [1.54, 1.807) is 83.1 Å². The molecule has 22 N–H and O–H groups in total. The summed E-state index contributed by atoms with van der Waals surface area (Å²) in [4.78, 5) is 252. The number of hydrogen-bond acceptors (Lipinski definition) is 25. The number of rotatable bonds is 55. The van der Waals surface area contributed by atoms with Gasteiger partial charge in [0, 0.05) is 31.7 Å². The van der Waals surface area contributed by atoms with E-state index in [1.807, 2.05) is 20.1 Å². The third-order valence-electron chi connectivity index (χ3n) is 21.7. The highest BCUT2D eigenvalue weighted by atomic mass is 32.2. The topological polar surface area (TPSA) is 630 Å². The van der Waals surface area contributed by atoms with Gasteiger partial charge in [-0.3, -0.25) is 81.5 Å². The van der Waals surface area contributed by atoms with E-state index < -0.39 is 265 Å². The Morgan fingerprint density at radius 3 is 1.32 bits per heavy atom. The van der Waals surface area contributed by atoms with Gasteiger partial charge in [-0.15, -0.1) is 0 Å². The van der Waals surface area contributed by atoms with Crippen molar-refractivity contribution in [2.45, 2.75) is 303 Å². The number of thioether (sulfide) groups is 1. The van der Waals surface area contributed by atoms with Gasteiger partial charge < -0.3 is 121 Å². The summed E-state index contributed by atoms with van der Waals surface area (Å²) in [6.07, 6.45) is -1.21. The molecule has 0 spiro atoms. The Balaban J connectivity index is 1.81. The van der Waals surface area contributed by atoms with Gasteiger partial charge in [-0.2, -0.15) is 24.4 Å². The van der Waals surface area contributed by atoms with E-state index >= 15 is 0 Å². The number of benzene rings is 1. The summed E-state index contributed by atoms with van der Waals surface area (Å²) in [5, 5.41) is 96.5. The molecule has 2 fully saturated rings. The first-order valence-corrected chi connectivity index (χ1v) is 45.8. The Morgan fingerprint density at radius 2 is 0.859 bits per heavy atom. The highest BCUT2D eigenvalue weighted by Gasteiger charge is 2.45. The Bertz CT molecular complexity index is 3930. The molecule has 1 aromatic carbocycles. The maximum Gasteiger partial charge on any atom is 0.328 e. The molecule has 128 heavy (non-hydrogen) atoms. The van der Waals surface area contributed by atoms with Gasteiger partial charge in [0.05, 0.1) is 31.4 Å². The van der Waals surface area contributed by atoms with Gasteiger partial charge in [0.2, 0.25) is 94.5 Å². The number of aliphatic hydroxyl groups excluding tert-OH is 3. The number of nitrogens with zero attached hydrogens (tertiary/aromatic N) is 2. The molecule has 2 aliphatic heterocycles. The molecule has 0 saturated carbocycles. The summed E-state index contributed by atoms with van der Waals surface area (Å²) in [5.74, 6) is -20.0. The molecule has 2 saturated heterocycles. The van der Waals surface area contributed by atoms with Crippen molar-refractivity contribution in [3.8, 4) is 5.75 Å². The SMILES string of the molecule is CC[C@H](C)[C@H](NC(=O)[C@H](CO)NC(=O)CNC(=O)[C@H](Cc1ccc(O)cc1)NC(=O)[C@H](CC(C)C)NC(=O)[C@H](CC(C)C)NC(=O)[C@@H](N)CCSC)C(=O)N[C@@H](CC(C)C)C(=O)N1CCC[C@H]1C(=O)N[C@@H](CCC(=O)O)C(=O)N[C@@H](CS)C(=O)N[C@@H](CC(C)C)C(=O)N[C@H](C(=O)N[C@H](C(=O)N[C@H](C(=O)N1CCC[C@H]1C(=O)N[C@H](C(=O)O)[C@@H](C)O)C(C)C)[C@@H](C)O)C(C)C. The number of phenols is 1. The van der Waals surface area contributed by atoms with Crippen LogP contribution in [0.5, 0.6) is 5.75 Å². The lowest BCUT2D eigenvalue weighted by Gasteiger charge is -2.33. The van der Waals surface area contributed by atoms with Gasteiger partial charge >= 0.3 is 11.9 Å². The van der Waals surface area contributed by atoms with E-state index in [1.165, 1.54) is 59.7 Å². The lowest BCUT2D eigenvalue weighted by Crippen LogP contribution is -2.63. The molecule has 0 unspecified atom stereocenters. The highest BCUT2D eigenvalue weighted by molar-refractivity contribution is 7.98. The van der Waals surface area contributed by atoms with Gasteiger partial charge in [0.1, 0.15) is 90.3 Å². The fourth-order valence-corrected chi connectivity index (χ4v) is 15.1. The predicted molar refractivity (Wildman–Crippen MR) is 476 cm³/mol. The summed E-state index contributed by atoms with van der Waals surface area (Å²) in [6, 6.07) is -17.0. The molecule has 3 rings (SSSR count). The van der Waals surface area contributed by atoms with Crippen molar-refractivity contribution in [3.05, 3.63) is 29.8 Å². The van der Waals surface area contributed by atoms with Crippen LogP contribution in [-0.2, 0) is 92.7 Å². The summed E-state index contributed by atoms with van der Waals surface area (Å²) in [6.45, 7) is 24.3. The molecule has 41 nitrogen and oxygen atoms in total. The molecule has 19 atom stereocenters. The number of nitrogens with one attached hydrogen (secondary N) is 14. The number of carbonyl (C=O) groups excluding carboxylic acids is 16. The number of carboxylic acids is 2. The van der Waals surface area contributed by atoms with Crippen LogP contribution >= 0.6 is 24.4 Å². The van der Waals surface area contributed by atoms with Crippen molar-refractivity contribution in [2.24, 2.45) is 47.2 Å². The second-order valence-electron chi connectivity index (χ2n) is 35.3. The average molecular weight is 1850 g/mol. The normalized spacial score (nSPS) is 17.9. The lowest BCUT2D eigenvalue weighted by molar-refractivity contribution is -0.147. The van der Waals surface area contributed by atoms with Gasteiger partial charge in [-0.05, 0) is 149 Å². The van der Waals surface area contributed by atoms with Crippen LogP contribution in [0.2, 0.25) is 0 Å². The molecule has 0 radical (unpaired) electrons. The van der Waals surface area contributed by atoms with Gasteiger partial charge in [0.15, 0.2) is 6.04 Å². The van der Waals surface area contributed by atoms with Crippen molar-refractivity contribution in [1.82, 2.24) is 84.2 Å². The Labute approximate surface area is 758 Å². The first kappa shape index (κ1) is 112. The Morgan fingerprint density at radius 1 is 0.453 bits per heavy atom. The molecule has 722 valence electrons. The van der Waals surface area contributed by atoms with Crippen LogP contribution in [0.1, 0.15) is 193 Å². The quantitative estimate of drug-likeness (QED) is 0.0302. The zero-order valence-electron chi connectivity index (χ0n) is 76.5. The van der Waals surface area contributed by atoms with Gasteiger partial charge in [0.25, 0.3) is 0 Å². The van der Waals surface area contributed by atoms with Crippen LogP contribution in [0.25, 0.3) is 0 Å². The number of thiol groups is 1. The number of hydrogen-bond donors (Lipinski definition) is 22. The van der Waals surface area contributed by atoms with Crippen LogP contribution in [0.15, 0.2) is 24.3 Å². The first-order chi connectivity index (χ1) is 59.9. The number of aliphatic carboxylic acids is 2. The fraction of sp³-hybridized carbons (Fsp3) is 0.718. The third-order valence-corrected chi connectivity index (χ3v) is 22.7. The molecule has 2 aliphatic rings. The number of amides is 16. The summed E-state index contributed by atoms with van der Waals surface area (Å²) >= 11 is 5.80. The minimum absolute atomic E-state index is 0.0151. The molecule has 0 aliphatic carbocycles. The summed E-state index contributed by atoms with van der Waals surface area (Å²) < 4.78 is 0. The molecule has 1 aromatic rings. The van der Waals surface area contributed by atoms with Crippen molar-refractivity contribution in [1.29, 1.82) is 0 Å². The first-order valence-electron chi connectivity index (χ1n) is 43.8. The number of phenolic OH excluding ortho intramolecular Hbond substituents is 1. The fourth-order valence-electron chi connectivity index (χ4n) is 14.4. The monoisotopic (exact) mass is 1850 g/mol. The van der Waals surface area contributed by atoms with Crippen molar-refractivity contribution >= 4 is 131 Å². The smallest absolute Gasteiger partial charge is 0.328 e. The lowest BCUT2D eigenvalue weighted by atomic mass is 9.96. The molecular weight excluding hydrogens is 1710 g/mol. The van der Waals surface area contributed by atoms with E-state index in [0.717, 1.165) is 0 Å². The zero-order valence-corrected chi connectivity index (χ0v) is 78.2. The van der Waals surface area contributed by atoms with Gasteiger partial charge in [-0.1, -0.05) is 115 Å². The number of aromatic hydroxyl groups is 1. The minimum atomic E-state index is -1.76. The van der Waals surface area contributed by atoms with Crippen LogP contribution in [-0.4, -0.2) is 300 Å². The molecule has 43 heteroatoms. The second kappa shape index (κ2) is 55.1. The van der Waals surface area contributed by atoms with E-state index in [0.29, 0.717) is 24.2 Å². The van der Waals surface area contributed by atoms with Crippen molar-refractivity contribution < 1.29 is 117 Å². The van der Waals surface area contributed by atoms with E-state index in [9.17, 15) is 117 Å². The van der Waals surface area contributed by atoms with E-state index in [2.05, 4.69) is 87.1 Å². The second-order valence-corrected chi connectivity index (χ2v) is 36.7. The van der Waals surface area contributed by atoms with Gasteiger partial charge in [-0.25, -0.2) is 4.79 Å². The van der Waals surface area contributed by atoms with E-state index in [-0.39, 0.29) is 100 Å².